The van der Waals surface area contributed by atoms with Crippen molar-refractivity contribution in [2.75, 3.05) is 26.7 Å². The highest BCUT2D eigenvalue weighted by Gasteiger charge is 2.22. The molecule has 23 heavy (non-hydrogen) atoms. The van der Waals surface area contributed by atoms with Gasteiger partial charge in [0.1, 0.15) is 0 Å². The molecule has 0 bridgehead atoms. The minimum absolute atomic E-state index is 0.120. The van der Waals surface area contributed by atoms with Crippen molar-refractivity contribution in [3.63, 3.8) is 0 Å². The van der Waals surface area contributed by atoms with Crippen molar-refractivity contribution in [3.05, 3.63) is 22.2 Å². The first-order valence-corrected chi connectivity index (χ1v) is 9.32. The Morgan fingerprint density at radius 3 is 2.83 bits per heavy atom. The van der Waals surface area contributed by atoms with E-state index in [0.717, 1.165) is 41.2 Å². The van der Waals surface area contributed by atoms with Crippen molar-refractivity contribution in [3.8, 4) is 11.5 Å². The van der Waals surface area contributed by atoms with E-state index in [2.05, 4.69) is 39.1 Å². The van der Waals surface area contributed by atoms with Gasteiger partial charge < -0.3 is 14.8 Å². The Hall–Kier alpha value is -0.780. The van der Waals surface area contributed by atoms with Crippen LogP contribution in [0.25, 0.3) is 0 Å². The zero-order valence-electron chi connectivity index (χ0n) is 14.7. The summed E-state index contributed by atoms with van der Waals surface area (Å²) in [5, 5.41) is 3.60. The van der Waals surface area contributed by atoms with Crippen molar-refractivity contribution >= 4 is 15.9 Å². The first kappa shape index (κ1) is 18.6. The van der Waals surface area contributed by atoms with Crippen LogP contribution in [-0.4, -0.2) is 43.8 Å². The van der Waals surface area contributed by atoms with Crippen LogP contribution in [0.15, 0.2) is 16.6 Å². The Morgan fingerprint density at radius 2 is 2.17 bits per heavy atom. The van der Waals surface area contributed by atoms with E-state index in [9.17, 15) is 0 Å². The highest BCUT2D eigenvalue weighted by atomic mass is 79.9. The first-order valence-electron chi connectivity index (χ1n) is 8.53. The van der Waals surface area contributed by atoms with Crippen LogP contribution in [0.5, 0.6) is 11.5 Å². The molecule has 1 fully saturated rings. The van der Waals surface area contributed by atoms with Crippen LogP contribution < -0.4 is 14.8 Å². The Balaban J connectivity index is 2.04. The van der Waals surface area contributed by atoms with E-state index >= 15 is 0 Å². The van der Waals surface area contributed by atoms with E-state index in [1.165, 1.54) is 19.4 Å². The molecule has 2 rings (SSSR count). The van der Waals surface area contributed by atoms with Crippen LogP contribution in [0.4, 0.5) is 0 Å². The van der Waals surface area contributed by atoms with Gasteiger partial charge in [-0.05, 0) is 51.9 Å². The minimum Gasteiger partial charge on any atom is -0.493 e. The summed E-state index contributed by atoms with van der Waals surface area (Å²) in [5.74, 6) is 1.62. The summed E-state index contributed by atoms with van der Waals surface area (Å²) in [5.41, 5.74) is 1.13. The lowest BCUT2D eigenvalue weighted by Gasteiger charge is -2.23. The van der Waals surface area contributed by atoms with Crippen LogP contribution in [0.2, 0.25) is 0 Å². The second-order valence-electron chi connectivity index (χ2n) is 6.32. The van der Waals surface area contributed by atoms with Crippen molar-refractivity contribution in [2.24, 2.45) is 0 Å². The van der Waals surface area contributed by atoms with E-state index in [4.69, 9.17) is 9.47 Å². The highest BCUT2D eigenvalue weighted by molar-refractivity contribution is 9.10. The zero-order valence-corrected chi connectivity index (χ0v) is 16.3. The van der Waals surface area contributed by atoms with Gasteiger partial charge in [0.15, 0.2) is 11.5 Å². The average Bonchev–Trinajstić information content (AvgIpc) is 2.96. The van der Waals surface area contributed by atoms with E-state index in [0.29, 0.717) is 6.04 Å². The van der Waals surface area contributed by atoms with Crippen LogP contribution in [-0.2, 0) is 6.54 Å². The molecule has 4 nitrogen and oxygen atoms in total. The lowest BCUT2D eigenvalue weighted by molar-refractivity contribution is 0.226. The molecule has 1 aromatic rings. The number of likely N-dealkylation sites (N-methyl/N-ethyl adjacent to an activating group) is 1. The van der Waals surface area contributed by atoms with Gasteiger partial charge in [0.05, 0.1) is 13.2 Å². The van der Waals surface area contributed by atoms with Crippen molar-refractivity contribution < 1.29 is 9.47 Å². The summed E-state index contributed by atoms with van der Waals surface area (Å²) in [6.45, 7) is 10.5. The molecule has 5 heteroatoms. The largest absolute Gasteiger partial charge is 0.493 e. The third-order valence-corrected chi connectivity index (χ3v) is 4.73. The Kier molecular flexibility index (Phi) is 7.18. The number of benzene rings is 1. The molecule has 0 saturated carbocycles. The first-order chi connectivity index (χ1) is 11.0. The molecule has 0 spiro atoms. The van der Waals surface area contributed by atoms with Gasteiger partial charge in [0.25, 0.3) is 0 Å². The molecule has 1 aliphatic rings. The number of likely N-dealkylation sites (tertiary alicyclic amines) is 1. The maximum atomic E-state index is 5.99. The SMILES string of the molecule is CCN1CCCC1CNCc1cc(Br)cc(OC)c1OC(C)C. The summed E-state index contributed by atoms with van der Waals surface area (Å²) < 4.78 is 12.5. The smallest absolute Gasteiger partial charge is 0.166 e. The Bertz CT molecular complexity index is 508. The quantitative estimate of drug-likeness (QED) is 0.738. The predicted molar refractivity (Wildman–Crippen MR) is 98.4 cm³/mol. The van der Waals surface area contributed by atoms with Gasteiger partial charge in [-0.1, -0.05) is 22.9 Å². The molecule has 1 N–H and O–H groups in total. The van der Waals surface area contributed by atoms with Crippen molar-refractivity contribution in [1.82, 2.24) is 10.2 Å². The number of nitrogens with one attached hydrogen (secondary N) is 1. The summed E-state index contributed by atoms with van der Waals surface area (Å²) >= 11 is 3.56. The standard InChI is InChI=1S/C18H29BrN2O2/c1-5-21-8-6-7-16(21)12-20-11-14-9-15(19)10-17(22-4)18(14)23-13(2)3/h9-10,13,16,20H,5-8,11-12H2,1-4H3. The van der Waals surface area contributed by atoms with E-state index in [-0.39, 0.29) is 6.10 Å². The normalized spacial score (nSPS) is 18.6. The number of rotatable bonds is 8. The highest BCUT2D eigenvalue weighted by Crippen LogP contribution is 2.35. The van der Waals surface area contributed by atoms with Gasteiger partial charge >= 0.3 is 0 Å². The monoisotopic (exact) mass is 384 g/mol. The van der Waals surface area contributed by atoms with E-state index in [1.54, 1.807) is 7.11 Å². The van der Waals surface area contributed by atoms with E-state index < -0.39 is 0 Å². The van der Waals surface area contributed by atoms with Gasteiger partial charge in [-0.25, -0.2) is 0 Å². The average molecular weight is 385 g/mol. The minimum atomic E-state index is 0.120. The van der Waals surface area contributed by atoms with Crippen LogP contribution in [0.3, 0.4) is 0 Å². The van der Waals surface area contributed by atoms with E-state index in [1.807, 2.05) is 19.9 Å². The molecular formula is C18H29BrN2O2. The van der Waals surface area contributed by atoms with Crippen molar-refractivity contribution in [2.45, 2.75) is 52.3 Å². The zero-order chi connectivity index (χ0) is 16.8. The summed E-state index contributed by atoms with van der Waals surface area (Å²) in [7, 11) is 1.68. The molecule has 130 valence electrons. The third kappa shape index (κ3) is 5.10. The molecule has 0 aromatic heterocycles. The molecule has 1 atom stereocenters. The number of hydrogen-bond donors (Lipinski definition) is 1. The number of ether oxygens (including phenoxy) is 2. The van der Waals surface area contributed by atoms with Crippen molar-refractivity contribution in [1.29, 1.82) is 0 Å². The summed E-state index contributed by atoms with van der Waals surface area (Å²) in [6, 6.07) is 4.72. The van der Waals surface area contributed by atoms with Crippen LogP contribution in [0.1, 0.15) is 39.2 Å². The molecular weight excluding hydrogens is 356 g/mol. The number of halogens is 1. The topological polar surface area (TPSA) is 33.7 Å². The molecule has 0 amide bonds. The molecule has 1 aliphatic heterocycles. The summed E-state index contributed by atoms with van der Waals surface area (Å²) in [4.78, 5) is 2.56. The molecule has 1 heterocycles. The van der Waals surface area contributed by atoms with Gasteiger partial charge in [0, 0.05) is 29.2 Å². The lowest BCUT2D eigenvalue weighted by atomic mass is 10.1. The fraction of sp³-hybridized carbons (Fsp3) is 0.667. The third-order valence-electron chi connectivity index (χ3n) is 4.27. The number of methoxy groups -OCH3 is 1. The predicted octanol–water partition coefficient (Wildman–Crippen LogP) is 3.82. The lowest BCUT2D eigenvalue weighted by Crippen LogP contribution is -2.37. The number of hydrogen-bond acceptors (Lipinski definition) is 4. The van der Waals surface area contributed by atoms with Gasteiger partial charge in [-0.15, -0.1) is 0 Å². The number of nitrogens with zero attached hydrogens (tertiary/aromatic N) is 1. The van der Waals surface area contributed by atoms with Gasteiger partial charge in [0.2, 0.25) is 0 Å². The van der Waals surface area contributed by atoms with Crippen LogP contribution in [0, 0.1) is 0 Å². The molecule has 1 aromatic carbocycles. The molecule has 0 radical (unpaired) electrons. The maximum Gasteiger partial charge on any atom is 0.166 e. The molecule has 0 aliphatic carbocycles. The summed E-state index contributed by atoms with van der Waals surface area (Å²) in [6.07, 6.45) is 2.72. The maximum absolute atomic E-state index is 5.99. The van der Waals surface area contributed by atoms with Gasteiger partial charge in [-0.3, -0.25) is 4.90 Å². The molecule has 1 saturated heterocycles. The second-order valence-corrected chi connectivity index (χ2v) is 7.23. The van der Waals surface area contributed by atoms with Crippen LogP contribution >= 0.6 is 15.9 Å². The van der Waals surface area contributed by atoms with Gasteiger partial charge in [-0.2, -0.15) is 0 Å². The molecule has 1 unspecified atom stereocenters. The second kappa shape index (κ2) is 8.90. The Morgan fingerprint density at radius 1 is 1.39 bits per heavy atom. The fourth-order valence-corrected chi connectivity index (χ4v) is 3.68. The fourth-order valence-electron chi connectivity index (χ4n) is 3.19. The Labute approximate surface area is 148 Å².